The number of fused-ring (bicyclic) bond motifs is 3. The Kier molecular flexibility index (Phi) is 38.4. The van der Waals surface area contributed by atoms with E-state index in [1.165, 1.54) is 108 Å². The van der Waals surface area contributed by atoms with Crippen molar-refractivity contribution in [1.29, 1.82) is 0 Å². The van der Waals surface area contributed by atoms with Crippen LogP contribution in [-0.4, -0.2) is 277 Å². The lowest BCUT2D eigenvalue weighted by atomic mass is 9.72. The van der Waals surface area contributed by atoms with Gasteiger partial charge in [-0.2, -0.15) is 0 Å². The SMILES string of the molecule is CC.CC(C)C(=O)O.COc1cccc2c1C(=O)c1c(O)c3c(c(O)c1C2=O)C[C@@](O)(C(=O)CO)CC3OC1CC(NC(=O)[C@@H]2CCCN2C(=O)[C@@H](C)NC(=O)c2ccncc2)C(O)C(C)O1.C[C@@H](N)C(=O)N1CCC[C@H]1C(=O)OCc1ccccc1.C[C@@H](NC(=O)c1ccncc1)C(=O)N1CCC[C@H]1C(=O)O.C[C@@H](NC(=O)c1ccncc1)C(=O)N1CCC[C@H]1C(=O)OCc1ccccc1. The van der Waals surface area contributed by atoms with Crippen LogP contribution in [0.4, 0.5) is 0 Å². The van der Waals surface area contributed by atoms with E-state index in [1.807, 2.05) is 74.5 Å². The minimum absolute atomic E-state index is 0.0439. The summed E-state index contributed by atoms with van der Waals surface area (Å²) in [5, 5.41) is 83.8. The summed E-state index contributed by atoms with van der Waals surface area (Å²) in [4.78, 5) is 205. The van der Waals surface area contributed by atoms with Crippen LogP contribution in [0.15, 0.2) is 152 Å². The molecule has 5 aliphatic heterocycles. The number of carboxylic acid groups (broad SMARTS) is 2. The minimum Gasteiger partial charge on any atom is -0.507 e. The second kappa shape index (κ2) is 49.4. The number of aliphatic hydroxyl groups excluding tert-OH is 2. The van der Waals surface area contributed by atoms with Crippen molar-refractivity contribution in [2.45, 2.75) is 231 Å². The third-order valence-corrected chi connectivity index (χ3v) is 23.7. The van der Waals surface area contributed by atoms with Gasteiger partial charge in [0.25, 0.3) is 17.7 Å². The van der Waals surface area contributed by atoms with Crippen LogP contribution in [-0.2, 0) is 86.5 Å². The van der Waals surface area contributed by atoms with Crippen molar-refractivity contribution in [1.82, 2.24) is 55.8 Å². The van der Waals surface area contributed by atoms with Crippen LogP contribution in [0, 0.1) is 5.92 Å². The number of pyridine rings is 3. The molecule has 2 aliphatic carbocycles. The Morgan fingerprint density at radius 2 is 0.949 bits per heavy atom. The number of aromatic hydroxyl groups is 2. The number of methoxy groups -OCH3 is 1. The second-order valence-electron chi connectivity index (χ2n) is 33.5. The molecule has 5 fully saturated rings. The maximum atomic E-state index is 14.0. The monoisotopic (exact) mass is 1880 g/mol. The van der Waals surface area contributed by atoms with Gasteiger partial charge in [0.1, 0.15) is 91.1 Å². The molecule has 5 unspecified atom stereocenters. The average Bonchev–Trinajstić information content (AvgIpc) is 0.844. The number of aliphatic carboxylic acids is 2. The zero-order chi connectivity index (χ0) is 99.5. The van der Waals surface area contributed by atoms with Crippen molar-refractivity contribution in [3.8, 4) is 17.2 Å². The maximum absolute atomic E-state index is 14.0. The Bertz CT molecular complexity index is 5410. The topological polar surface area (TPSA) is 570 Å². The summed E-state index contributed by atoms with van der Waals surface area (Å²) in [7, 11) is 1.30. The Morgan fingerprint density at radius 3 is 1.36 bits per heavy atom. The molecule has 7 aromatic rings. The van der Waals surface area contributed by atoms with E-state index in [-0.39, 0.29) is 95.6 Å². The number of ketones is 3. The number of likely N-dealkylation sites (tertiary alicyclic amines) is 4. The fraction of sp³-hybridized carbons (Fsp3) is 0.443. The number of carbonyl (C=O) groups is 15. The highest BCUT2D eigenvalue weighted by atomic mass is 16.7. The number of carbonyl (C=O) groups excluding carboxylic acids is 13. The van der Waals surface area contributed by atoms with Crippen LogP contribution in [0.1, 0.15) is 218 Å². The number of nitrogens with two attached hydrogens (primary N) is 1. The zero-order valence-electron chi connectivity index (χ0n) is 77.2. The molecule has 13 N–H and O–H groups in total. The fourth-order valence-electron chi connectivity index (χ4n) is 16.5. The molecule has 39 nitrogen and oxygen atoms in total. The van der Waals surface area contributed by atoms with Gasteiger partial charge in [-0.15, -0.1) is 0 Å². The van der Waals surface area contributed by atoms with E-state index in [0.29, 0.717) is 74.8 Å². The molecule has 7 aliphatic rings. The van der Waals surface area contributed by atoms with Crippen LogP contribution >= 0.6 is 0 Å². The average molecular weight is 1880 g/mol. The third kappa shape index (κ3) is 26.4. The van der Waals surface area contributed by atoms with Gasteiger partial charge in [-0.25, -0.2) is 14.4 Å². The van der Waals surface area contributed by atoms with E-state index in [9.17, 15) is 97.5 Å². The highest BCUT2D eigenvalue weighted by Crippen LogP contribution is 2.53. The summed E-state index contributed by atoms with van der Waals surface area (Å²) in [6.45, 7) is 16.1. The van der Waals surface area contributed by atoms with Crippen molar-refractivity contribution in [3.05, 3.63) is 214 Å². The molecular weight excluding hydrogens is 1770 g/mol. The molecule has 3 aromatic heterocycles. The first-order chi connectivity index (χ1) is 64.9. The predicted molar refractivity (Wildman–Crippen MR) is 486 cm³/mol. The lowest BCUT2D eigenvalue weighted by Gasteiger charge is -2.43. The molecule has 136 heavy (non-hydrogen) atoms. The Balaban J connectivity index is 0.000000222. The molecule has 728 valence electrons. The number of nitrogens with zero attached hydrogens (tertiary/aromatic N) is 7. The van der Waals surface area contributed by atoms with Gasteiger partial charge in [0, 0.05) is 116 Å². The molecule has 39 heteroatoms. The first-order valence-electron chi connectivity index (χ1n) is 44.9. The molecule has 0 spiro atoms. The van der Waals surface area contributed by atoms with Crippen LogP contribution < -0.4 is 31.7 Å². The number of nitrogens with one attached hydrogen (secondary N) is 4. The third-order valence-electron chi connectivity index (χ3n) is 23.7. The minimum atomic E-state index is -2.38. The molecular formula is C97H118N12O27. The van der Waals surface area contributed by atoms with Crippen LogP contribution in [0.25, 0.3) is 0 Å². The van der Waals surface area contributed by atoms with E-state index < -0.39 is 180 Å². The number of hydrogen-bond acceptors (Lipinski definition) is 29. The smallest absolute Gasteiger partial charge is 0.329 e. The normalized spacial score (nSPS) is 21.3. The number of aliphatic hydroxyl groups is 3. The summed E-state index contributed by atoms with van der Waals surface area (Å²) in [6, 6.07) is 25.5. The fourth-order valence-corrected chi connectivity index (χ4v) is 16.5. The zero-order valence-corrected chi connectivity index (χ0v) is 77.2. The summed E-state index contributed by atoms with van der Waals surface area (Å²) in [5.41, 5.74) is 4.33. The predicted octanol–water partition coefficient (Wildman–Crippen LogP) is 5.39. The van der Waals surface area contributed by atoms with Crippen LogP contribution in [0.3, 0.4) is 0 Å². The van der Waals surface area contributed by atoms with Gasteiger partial charge < -0.3 is 106 Å². The van der Waals surface area contributed by atoms with Gasteiger partial charge in [-0.05, 0) is 140 Å². The van der Waals surface area contributed by atoms with Gasteiger partial charge >= 0.3 is 23.9 Å². The van der Waals surface area contributed by atoms with Gasteiger partial charge in [-0.3, -0.25) is 72.5 Å². The quantitative estimate of drug-likeness (QED) is 0.0252. The first-order valence-corrected chi connectivity index (χ1v) is 44.9. The molecule has 0 bridgehead atoms. The maximum Gasteiger partial charge on any atom is 0.329 e. The lowest BCUT2D eigenvalue weighted by Crippen LogP contribution is -2.59. The number of Topliss-reactive ketones (excluding diaryl/α,β-unsaturated/α-hetero) is 1. The van der Waals surface area contributed by atoms with Crippen molar-refractivity contribution < 1.29 is 131 Å². The van der Waals surface area contributed by atoms with E-state index in [0.717, 1.165) is 24.0 Å². The summed E-state index contributed by atoms with van der Waals surface area (Å²) in [6.07, 6.45) is 6.95. The number of carboxylic acids is 2. The second-order valence-corrected chi connectivity index (χ2v) is 33.5. The summed E-state index contributed by atoms with van der Waals surface area (Å²) < 4.78 is 28.3. The van der Waals surface area contributed by atoms with Gasteiger partial charge in [0.05, 0.1) is 54.0 Å². The van der Waals surface area contributed by atoms with Crippen molar-refractivity contribution in [3.63, 3.8) is 0 Å². The van der Waals surface area contributed by atoms with E-state index in [4.69, 9.17) is 39.6 Å². The molecule has 0 radical (unpaired) electrons. The summed E-state index contributed by atoms with van der Waals surface area (Å²) in [5.74, 6) is -10.1. The highest BCUT2D eigenvalue weighted by Gasteiger charge is 2.52. The number of phenols is 2. The van der Waals surface area contributed by atoms with E-state index in [1.54, 1.807) is 58.9 Å². The van der Waals surface area contributed by atoms with Gasteiger partial charge in [0.15, 0.2) is 17.9 Å². The summed E-state index contributed by atoms with van der Waals surface area (Å²) >= 11 is 0. The first kappa shape index (κ1) is 106. The number of amides is 8. The van der Waals surface area contributed by atoms with Crippen LogP contribution in [0.5, 0.6) is 17.2 Å². The Morgan fingerprint density at radius 1 is 0.544 bits per heavy atom. The number of benzene rings is 4. The number of esters is 2. The molecule has 14 atom stereocenters. The molecule has 4 aromatic carbocycles. The van der Waals surface area contributed by atoms with Gasteiger partial charge in [0.2, 0.25) is 35.3 Å². The van der Waals surface area contributed by atoms with E-state index >= 15 is 0 Å². The highest BCUT2D eigenvalue weighted by molar-refractivity contribution is 6.31. The number of rotatable bonds is 25. The van der Waals surface area contributed by atoms with Crippen LogP contribution in [0.2, 0.25) is 0 Å². The molecule has 0 saturated carbocycles. The number of phenolic OH excluding ortho intramolecular Hbond substituents is 2. The molecule has 14 rings (SSSR count). The van der Waals surface area contributed by atoms with Gasteiger partial charge in [-0.1, -0.05) is 100 Å². The van der Waals surface area contributed by atoms with Crippen molar-refractivity contribution in [2.75, 3.05) is 39.9 Å². The molecule has 5 saturated heterocycles. The van der Waals surface area contributed by atoms with E-state index in [2.05, 4.69) is 36.2 Å². The standard InChI is InChI=1S/C41H44N4O14.C21H23N3O4.C15H20N2O3.C14H17N3O4.C4H8O2.C2H6/c1-18(43-38(53)20-9-11-42-12-10-20)40(55)45-13-5-7-24(45)39(54)44-23-14-28(58-19(2)33(23)48)59-26-16-41(56,27(47)17-46)15-22-30(26)37(52)32-31(35(22)50)34(49)21-6-4-8-25(57-3)29(21)36(32)51;1-15(23-19(25)17-9-11-22-12-10-17)20(26)24-13-5-8-18(24)21(27)28-14-16-6-3-2-4-7-16;1-11(16)14(18)17-9-5-8-13(17)15(19)20-10-12-6-3-2-4-7-12;1-9(16-12(18)10-4-6-15-7-5-10)13(19)17-8-2-3-11(17)14(20)21;1-3(2)4(5)6;1-2/h4,6,8-12,18-19,23-24,26,28,33,46,48,50,52,56H,5,7,13-17H2,1-3H3,(H,43,53)(H,44,54);2-4,6-7,9-12,15,18H,5,8,13-14H2,1H3,(H,23,25);2-4,6-7,11,13H,5,8-10,16H2,1H3;4-7,9,11H,2-3,8H2,1H3,(H,16,18)(H,20,21);3H,1-2H3,(H,5,6);1-2H3/t18-,19?,23?,24+,26?,28?,33?,41+;15-,18+;11-,13+;9-,11+;;/m1111../s1. The number of hydrogen-bond donors (Lipinski definition) is 12. The Hall–Kier alpha value is -13.9. The number of aromatic nitrogens is 3. The largest absolute Gasteiger partial charge is 0.507 e. The number of ether oxygens (including phenoxy) is 5. The molecule has 8 amide bonds. The van der Waals surface area contributed by atoms with Crippen molar-refractivity contribution in [2.24, 2.45) is 11.7 Å². The Labute approximate surface area is 785 Å². The van der Waals surface area contributed by atoms with Crippen molar-refractivity contribution >= 4 is 88.5 Å². The molecule has 8 heterocycles. The lowest BCUT2D eigenvalue weighted by molar-refractivity contribution is -0.249.